The summed E-state index contributed by atoms with van der Waals surface area (Å²) in [5, 5.41) is 3.93. The first kappa shape index (κ1) is 20.2. The van der Waals surface area contributed by atoms with E-state index in [0.29, 0.717) is 5.56 Å². The van der Waals surface area contributed by atoms with E-state index >= 15 is 0 Å². The van der Waals surface area contributed by atoms with E-state index in [-0.39, 0.29) is 25.2 Å². The third-order valence-electron chi connectivity index (χ3n) is 3.50. The molecule has 8 nitrogen and oxygen atoms in total. The Labute approximate surface area is 176 Å². The van der Waals surface area contributed by atoms with Crippen molar-refractivity contribution >= 4 is 65.9 Å². The highest BCUT2D eigenvalue weighted by Gasteiger charge is 2.28. The number of rotatable bonds is 4. The Morgan fingerprint density at radius 3 is 1.96 bits per heavy atom. The fraction of sp³-hybridized carbons (Fsp3) is 0. The van der Waals surface area contributed by atoms with Gasteiger partial charge in [0, 0.05) is 0 Å². The van der Waals surface area contributed by atoms with Crippen molar-refractivity contribution in [3.8, 4) is 5.75 Å². The molecule has 1 aliphatic heterocycles. The third-order valence-corrected chi connectivity index (χ3v) is 5.91. The van der Waals surface area contributed by atoms with Crippen LogP contribution in [0.5, 0.6) is 5.75 Å². The van der Waals surface area contributed by atoms with Crippen LogP contribution in [0.1, 0.15) is 5.56 Å². The summed E-state index contributed by atoms with van der Waals surface area (Å²) in [4.78, 5) is 34.7. The van der Waals surface area contributed by atoms with Crippen LogP contribution in [0.25, 0.3) is 6.08 Å². The Balaban J connectivity index is 1.94. The number of carbonyl (C=O) groups excluding carboxylic acids is 3. The van der Waals surface area contributed by atoms with Crippen molar-refractivity contribution in [1.82, 2.24) is 10.6 Å². The number of nitrogens with one attached hydrogen (secondary N) is 2. The lowest BCUT2D eigenvalue weighted by molar-refractivity contribution is -0.123. The SMILES string of the molecule is O=C1NC(=O)C(=Cc2cc(Br)c(OS(=O)(=O)c3ccccc3)c(Br)c2)C(=O)N1. The predicted octanol–water partition coefficient (Wildman–Crippen LogP) is 2.73. The second kappa shape index (κ2) is 7.86. The topological polar surface area (TPSA) is 119 Å². The number of hydrogen-bond donors (Lipinski definition) is 2. The molecule has 2 aromatic rings. The van der Waals surface area contributed by atoms with Gasteiger partial charge in [0.2, 0.25) is 0 Å². The van der Waals surface area contributed by atoms with Crippen LogP contribution in [-0.2, 0) is 19.7 Å². The lowest BCUT2D eigenvalue weighted by Gasteiger charge is -2.15. The molecule has 2 aromatic carbocycles. The molecule has 0 atom stereocenters. The maximum Gasteiger partial charge on any atom is 0.339 e. The lowest BCUT2D eigenvalue weighted by atomic mass is 10.1. The molecule has 1 saturated heterocycles. The van der Waals surface area contributed by atoms with Gasteiger partial charge in [-0.25, -0.2) is 4.79 Å². The molecule has 0 radical (unpaired) electrons. The summed E-state index contributed by atoms with van der Waals surface area (Å²) in [6.45, 7) is 0. The zero-order valence-corrected chi connectivity index (χ0v) is 17.7. The molecule has 11 heteroatoms. The van der Waals surface area contributed by atoms with Gasteiger partial charge in [-0.05, 0) is 67.8 Å². The number of benzene rings is 2. The summed E-state index contributed by atoms with van der Waals surface area (Å²) in [6, 6.07) is 9.65. The molecule has 0 spiro atoms. The van der Waals surface area contributed by atoms with Crippen LogP contribution in [0, 0.1) is 0 Å². The number of urea groups is 1. The van der Waals surface area contributed by atoms with E-state index in [1.807, 2.05) is 10.6 Å². The summed E-state index contributed by atoms with van der Waals surface area (Å²) in [7, 11) is -4.06. The fourth-order valence-corrected chi connectivity index (χ4v) is 4.84. The maximum absolute atomic E-state index is 12.4. The Morgan fingerprint density at radius 2 is 1.43 bits per heavy atom. The van der Waals surface area contributed by atoms with Crippen LogP contribution in [0.4, 0.5) is 4.79 Å². The second-order valence-electron chi connectivity index (χ2n) is 5.46. The Kier molecular flexibility index (Phi) is 5.68. The second-order valence-corrected chi connectivity index (χ2v) is 8.71. The van der Waals surface area contributed by atoms with E-state index in [9.17, 15) is 22.8 Å². The first-order chi connectivity index (χ1) is 13.2. The molecule has 144 valence electrons. The quantitative estimate of drug-likeness (QED) is 0.357. The molecule has 1 aliphatic rings. The summed E-state index contributed by atoms with van der Waals surface area (Å²) in [6.07, 6.45) is 1.25. The molecule has 0 bridgehead atoms. The molecular weight excluding hydrogens is 520 g/mol. The highest BCUT2D eigenvalue weighted by Crippen LogP contribution is 2.37. The Bertz CT molecular complexity index is 1080. The van der Waals surface area contributed by atoms with Gasteiger partial charge in [0.05, 0.1) is 8.95 Å². The van der Waals surface area contributed by atoms with Crippen LogP contribution in [-0.4, -0.2) is 26.3 Å². The Morgan fingerprint density at radius 1 is 0.893 bits per heavy atom. The third kappa shape index (κ3) is 4.32. The van der Waals surface area contributed by atoms with Crippen molar-refractivity contribution in [2.75, 3.05) is 0 Å². The van der Waals surface area contributed by atoms with E-state index in [1.54, 1.807) is 18.2 Å². The van der Waals surface area contributed by atoms with E-state index in [0.717, 1.165) is 0 Å². The zero-order chi connectivity index (χ0) is 20.5. The first-order valence-electron chi connectivity index (χ1n) is 7.54. The Hall–Kier alpha value is -2.50. The van der Waals surface area contributed by atoms with Crippen LogP contribution in [0.2, 0.25) is 0 Å². The van der Waals surface area contributed by atoms with E-state index < -0.39 is 28.0 Å². The molecule has 0 saturated carbocycles. The van der Waals surface area contributed by atoms with E-state index in [2.05, 4.69) is 31.9 Å². The molecule has 1 fully saturated rings. The number of barbiturate groups is 1. The van der Waals surface area contributed by atoms with Crippen molar-refractivity contribution in [2.45, 2.75) is 4.90 Å². The molecular formula is C17H10Br2N2O6S. The van der Waals surface area contributed by atoms with Crippen molar-refractivity contribution in [3.63, 3.8) is 0 Å². The largest absolute Gasteiger partial charge is 0.377 e. The number of amides is 4. The van der Waals surface area contributed by atoms with Crippen molar-refractivity contribution < 1.29 is 27.0 Å². The van der Waals surface area contributed by atoms with Gasteiger partial charge in [-0.3, -0.25) is 20.2 Å². The minimum Gasteiger partial charge on any atom is -0.377 e. The molecule has 4 amide bonds. The molecule has 1 heterocycles. The van der Waals surface area contributed by atoms with Gasteiger partial charge in [0.1, 0.15) is 10.5 Å². The number of hydrogen-bond acceptors (Lipinski definition) is 6. The van der Waals surface area contributed by atoms with Crippen molar-refractivity contribution in [3.05, 3.63) is 62.5 Å². The summed E-state index contributed by atoms with van der Waals surface area (Å²) in [5.41, 5.74) is 0.113. The average molecular weight is 530 g/mol. The number of carbonyl (C=O) groups is 3. The highest BCUT2D eigenvalue weighted by molar-refractivity contribution is 9.11. The highest BCUT2D eigenvalue weighted by atomic mass is 79.9. The normalized spacial score (nSPS) is 14.4. The summed E-state index contributed by atoms with van der Waals surface area (Å²) >= 11 is 6.45. The van der Waals surface area contributed by atoms with Gasteiger partial charge in [-0.2, -0.15) is 8.42 Å². The van der Waals surface area contributed by atoms with Crippen LogP contribution in [0.15, 0.2) is 61.9 Å². The van der Waals surface area contributed by atoms with Crippen molar-refractivity contribution in [1.29, 1.82) is 0 Å². The lowest BCUT2D eigenvalue weighted by Crippen LogP contribution is -2.51. The molecule has 0 aliphatic carbocycles. The minimum absolute atomic E-state index is 0.00118. The van der Waals surface area contributed by atoms with Gasteiger partial charge in [-0.1, -0.05) is 18.2 Å². The molecule has 0 unspecified atom stereocenters. The monoisotopic (exact) mass is 528 g/mol. The van der Waals surface area contributed by atoms with Gasteiger partial charge >= 0.3 is 16.1 Å². The predicted molar refractivity (Wildman–Crippen MR) is 106 cm³/mol. The smallest absolute Gasteiger partial charge is 0.339 e. The fourth-order valence-electron chi connectivity index (χ4n) is 2.26. The van der Waals surface area contributed by atoms with Crippen LogP contribution < -0.4 is 14.8 Å². The van der Waals surface area contributed by atoms with Crippen LogP contribution >= 0.6 is 31.9 Å². The molecule has 3 rings (SSSR count). The zero-order valence-electron chi connectivity index (χ0n) is 13.7. The van der Waals surface area contributed by atoms with E-state index in [1.165, 1.54) is 30.3 Å². The van der Waals surface area contributed by atoms with Gasteiger partial charge < -0.3 is 4.18 Å². The molecule has 0 aromatic heterocycles. The van der Waals surface area contributed by atoms with Gasteiger partial charge in [-0.15, -0.1) is 0 Å². The van der Waals surface area contributed by atoms with Crippen LogP contribution in [0.3, 0.4) is 0 Å². The van der Waals surface area contributed by atoms with Gasteiger partial charge in [0.15, 0.2) is 5.75 Å². The van der Waals surface area contributed by atoms with E-state index in [4.69, 9.17) is 4.18 Å². The molecule has 2 N–H and O–H groups in total. The maximum atomic E-state index is 12.4. The van der Waals surface area contributed by atoms with Crippen molar-refractivity contribution in [2.24, 2.45) is 0 Å². The number of halogens is 2. The summed E-state index contributed by atoms with van der Waals surface area (Å²) in [5.74, 6) is -1.68. The van der Waals surface area contributed by atoms with Gasteiger partial charge in [0.25, 0.3) is 11.8 Å². The number of imide groups is 2. The standard InChI is InChI=1S/C17H10Br2N2O6S/c18-12-7-9(6-11-15(22)20-17(24)21-16(11)23)8-13(19)14(12)27-28(25,26)10-4-2-1-3-5-10/h1-8H,(H2,20,21,22,23,24). The average Bonchev–Trinajstić information content (AvgIpc) is 2.62. The first-order valence-corrected chi connectivity index (χ1v) is 10.5. The minimum atomic E-state index is -4.06. The summed E-state index contributed by atoms with van der Waals surface area (Å²) < 4.78 is 30.6. The molecule has 28 heavy (non-hydrogen) atoms.